The minimum Gasteiger partial charge on any atom is -0.406 e. The second-order valence-electron chi connectivity index (χ2n) is 7.06. The van der Waals surface area contributed by atoms with Gasteiger partial charge in [0.2, 0.25) is 10.0 Å². The number of ether oxygens (including phenoxy) is 1. The Labute approximate surface area is 179 Å². The zero-order valence-electron chi connectivity index (χ0n) is 16.4. The highest BCUT2D eigenvalue weighted by molar-refractivity contribution is 7.89. The van der Waals surface area contributed by atoms with Crippen LogP contribution < -0.4 is 9.88 Å². The van der Waals surface area contributed by atoms with E-state index in [0.29, 0.717) is 0 Å². The summed E-state index contributed by atoms with van der Waals surface area (Å²) < 4.78 is 78.9. The number of primary sulfonamides is 1. The summed E-state index contributed by atoms with van der Waals surface area (Å²) in [6, 6.07) is 6.97. The lowest BCUT2D eigenvalue weighted by Gasteiger charge is -2.21. The van der Waals surface area contributed by atoms with Crippen molar-refractivity contribution in [2.45, 2.75) is 25.4 Å². The zero-order chi connectivity index (χ0) is 23.7. The van der Waals surface area contributed by atoms with Gasteiger partial charge in [0.25, 0.3) is 0 Å². The second kappa shape index (κ2) is 8.44. The van der Waals surface area contributed by atoms with Gasteiger partial charge >= 0.3 is 6.36 Å². The minimum absolute atomic E-state index is 0.00317. The summed E-state index contributed by atoms with van der Waals surface area (Å²) in [5.41, 5.74) is -1.83. The highest BCUT2D eigenvalue weighted by Crippen LogP contribution is 2.26. The van der Waals surface area contributed by atoms with Crippen LogP contribution in [0, 0.1) is 5.82 Å². The third kappa shape index (κ3) is 6.21. The van der Waals surface area contributed by atoms with Crippen molar-refractivity contribution >= 4 is 10.0 Å². The Balaban J connectivity index is 1.84. The molecule has 0 aliphatic heterocycles. The molecule has 0 aliphatic rings. The Kier molecular flexibility index (Phi) is 6.22. The fourth-order valence-corrected chi connectivity index (χ4v) is 3.79. The minimum atomic E-state index is -4.92. The van der Waals surface area contributed by atoms with Crippen molar-refractivity contribution in [2.75, 3.05) is 5.75 Å². The first-order chi connectivity index (χ1) is 14.7. The first kappa shape index (κ1) is 23.6. The summed E-state index contributed by atoms with van der Waals surface area (Å²) in [5.74, 6) is -2.06. The van der Waals surface area contributed by atoms with Crippen LogP contribution in [0.2, 0.25) is 0 Å². The monoisotopic (exact) mass is 475 g/mol. The fourth-order valence-electron chi connectivity index (χ4n) is 2.86. The summed E-state index contributed by atoms with van der Waals surface area (Å²) >= 11 is 0. The summed E-state index contributed by atoms with van der Waals surface area (Å²) in [6.07, 6.45) is -3.71. The van der Waals surface area contributed by atoms with Crippen molar-refractivity contribution in [3.05, 3.63) is 59.8 Å². The van der Waals surface area contributed by atoms with Crippen LogP contribution in [0.15, 0.2) is 42.7 Å². The highest BCUT2D eigenvalue weighted by atomic mass is 32.2. The first-order valence-electron chi connectivity index (χ1n) is 8.86. The maximum Gasteiger partial charge on any atom is 0.573 e. The van der Waals surface area contributed by atoms with Crippen LogP contribution >= 0.6 is 0 Å². The molecule has 1 atom stereocenters. The number of sulfonamides is 1. The van der Waals surface area contributed by atoms with Crippen LogP contribution in [0.4, 0.5) is 17.6 Å². The second-order valence-corrected chi connectivity index (χ2v) is 8.67. The van der Waals surface area contributed by atoms with Crippen molar-refractivity contribution in [3.63, 3.8) is 0 Å². The number of rotatable bonds is 7. The summed E-state index contributed by atoms with van der Waals surface area (Å²) in [7, 11) is -4.00. The van der Waals surface area contributed by atoms with Gasteiger partial charge in [-0.25, -0.2) is 32.6 Å². The Hall–Kier alpha value is -3.10. The third-order valence-electron chi connectivity index (χ3n) is 4.13. The van der Waals surface area contributed by atoms with Crippen molar-refractivity contribution in [1.29, 1.82) is 0 Å². The Bertz CT molecular complexity index is 1230. The van der Waals surface area contributed by atoms with Gasteiger partial charge in [-0.2, -0.15) is 0 Å². The van der Waals surface area contributed by atoms with Crippen LogP contribution in [0.25, 0.3) is 11.5 Å². The number of hydrogen-bond acceptors (Lipinski definition) is 7. The lowest BCUT2D eigenvalue weighted by Crippen LogP contribution is -2.35. The number of nitrogens with two attached hydrogens (primary N) is 1. The average Bonchev–Trinajstić information content (AvgIpc) is 3.10. The quantitative estimate of drug-likeness (QED) is 0.499. The molecule has 32 heavy (non-hydrogen) atoms. The maximum absolute atomic E-state index is 14.0. The zero-order valence-corrected chi connectivity index (χ0v) is 17.2. The van der Waals surface area contributed by atoms with E-state index in [2.05, 4.69) is 19.8 Å². The van der Waals surface area contributed by atoms with Gasteiger partial charge in [0.05, 0.1) is 18.0 Å². The fraction of sp³-hybridized carbons (Fsp3) is 0.278. The van der Waals surface area contributed by atoms with Gasteiger partial charge in [-0.05, 0) is 37.3 Å². The van der Waals surface area contributed by atoms with Gasteiger partial charge in [-0.3, -0.25) is 0 Å². The molecule has 0 bridgehead atoms. The number of aliphatic hydroxyl groups is 1. The lowest BCUT2D eigenvalue weighted by atomic mass is 10.0. The largest absolute Gasteiger partial charge is 0.573 e. The van der Waals surface area contributed by atoms with Crippen LogP contribution in [0.5, 0.6) is 5.75 Å². The van der Waals surface area contributed by atoms with Crippen molar-refractivity contribution in [2.24, 2.45) is 5.14 Å². The molecule has 9 nitrogen and oxygen atoms in total. The molecular weight excluding hydrogens is 458 g/mol. The summed E-state index contributed by atoms with van der Waals surface area (Å²) in [5, 5.41) is 19.5. The number of alkyl halides is 3. The number of nitrogens with zero attached hydrogens (tertiary/aromatic N) is 4. The predicted molar refractivity (Wildman–Crippen MR) is 103 cm³/mol. The molecule has 0 saturated carbocycles. The number of aromatic nitrogens is 4. The number of halogens is 4. The number of hydrogen-bond donors (Lipinski definition) is 2. The molecule has 2 heterocycles. The topological polar surface area (TPSA) is 133 Å². The molecule has 0 aliphatic carbocycles. The van der Waals surface area contributed by atoms with E-state index in [1.165, 1.54) is 36.1 Å². The SMILES string of the molecule is C[C@@](O)(CS(N)(=O)=O)c1cccc(-c2ncn(Cc3cc(OC(F)(F)F)ccc3F)n2)n1. The Morgan fingerprint density at radius 2 is 1.94 bits per heavy atom. The predicted octanol–water partition coefficient (Wildman–Crippen LogP) is 1.92. The maximum atomic E-state index is 14.0. The van der Waals surface area contributed by atoms with Crippen LogP contribution in [-0.2, 0) is 22.2 Å². The molecule has 3 N–H and O–H groups in total. The smallest absolute Gasteiger partial charge is 0.406 e. The lowest BCUT2D eigenvalue weighted by molar-refractivity contribution is -0.274. The van der Waals surface area contributed by atoms with Crippen LogP contribution in [0.3, 0.4) is 0 Å². The van der Waals surface area contributed by atoms with Gasteiger partial charge in [-0.15, -0.1) is 18.3 Å². The van der Waals surface area contributed by atoms with E-state index in [9.17, 15) is 31.1 Å². The van der Waals surface area contributed by atoms with Crippen molar-refractivity contribution in [1.82, 2.24) is 19.7 Å². The van der Waals surface area contributed by atoms with Crippen molar-refractivity contribution in [3.8, 4) is 17.3 Å². The van der Waals surface area contributed by atoms with E-state index in [-0.39, 0.29) is 29.3 Å². The Morgan fingerprint density at radius 3 is 2.59 bits per heavy atom. The van der Waals surface area contributed by atoms with Gasteiger partial charge in [0.1, 0.15) is 29.2 Å². The standard InChI is InChI=1S/C18H17F4N5O4S/c1-17(28,9-32(23,29)30)15-4-2-3-14(25-15)16-24-10-27(26-16)8-11-7-12(5-6-13(11)19)31-18(20,21)22/h2-7,10,28H,8-9H2,1H3,(H2,23,29,30)/t17-/m1/s1. The van der Waals surface area contributed by atoms with Gasteiger partial charge < -0.3 is 9.84 Å². The molecule has 0 spiro atoms. The molecular formula is C18H17F4N5O4S. The van der Waals surface area contributed by atoms with E-state index < -0.39 is 39.3 Å². The summed E-state index contributed by atoms with van der Waals surface area (Å²) in [4.78, 5) is 8.19. The number of pyridine rings is 1. The van der Waals surface area contributed by atoms with E-state index in [0.717, 1.165) is 18.2 Å². The molecule has 14 heteroatoms. The van der Waals surface area contributed by atoms with E-state index in [1.807, 2.05) is 0 Å². The van der Waals surface area contributed by atoms with Crippen LogP contribution in [-0.4, -0.2) is 45.4 Å². The first-order valence-corrected chi connectivity index (χ1v) is 10.6. The normalized spacial score (nSPS) is 14.2. The molecule has 0 unspecified atom stereocenters. The molecule has 0 amide bonds. The Morgan fingerprint density at radius 1 is 1.22 bits per heavy atom. The van der Waals surface area contributed by atoms with E-state index >= 15 is 0 Å². The average molecular weight is 475 g/mol. The molecule has 2 aromatic heterocycles. The number of benzene rings is 1. The molecule has 0 radical (unpaired) electrons. The van der Waals surface area contributed by atoms with Gasteiger partial charge in [0, 0.05) is 5.56 Å². The van der Waals surface area contributed by atoms with E-state index in [1.54, 1.807) is 0 Å². The summed E-state index contributed by atoms with van der Waals surface area (Å²) in [6.45, 7) is 0.977. The highest BCUT2D eigenvalue weighted by Gasteiger charge is 2.32. The van der Waals surface area contributed by atoms with Crippen LogP contribution in [0.1, 0.15) is 18.2 Å². The molecule has 0 saturated heterocycles. The van der Waals surface area contributed by atoms with E-state index in [4.69, 9.17) is 5.14 Å². The molecule has 172 valence electrons. The molecule has 3 aromatic rings. The molecule has 1 aromatic carbocycles. The molecule has 3 rings (SSSR count). The van der Waals surface area contributed by atoms with Crippen molar-refractivity contribution < 1.29 is 35.8 Å². The third-order valence-corrected chi connectivity index (χ3v) is 5.10. The van der Waals surface area contributed by atoms with Gasteiger partial charge in [0.15, 0.2) is 5.82 Å². The molecule has 0 fully saturated rings. The van der Waals surface area contributed by atoms with Gasteiger partial charge in [-0.1, -0.05) is 6.07 Å².